The molecule has 2 atom stereocenters. The van der Waals surface area contributed by atoms with Crippen LogP contribution in [-0.2, 0) is 10.1 Å². The fraction of sp³-hybridized carbons (Fsp3) is 0.467. The van der Waals surface area contributed by atoms with Gasteiger partial charge in [-0.25, -0.2) is 0 Å². The van der Waals surface area contributed by atoms with Gasteiger partial charge in [-0.15, -0.1) is 0 Å². The van der Waals surface area contributed by atoms with E-state index in [9.17, 15) is 5.11 Å². The molecule has 1 aromatic heterocycles. The van der Waals surface area contributed by atoms with Gasteiger partial charge in [0.05, 0.1) is 11.2 Å². The highest BCUT2D eigenvalue weighted by molar-refractivity contribution is 6.31. The predicted molar refractivity (Wildman–Crippen MR) is 144 cm³/mol. The van der Waals surface area contributed by atoms with Crippen molar-refractivity contribution in [1.82, 2.24) is 0 Å². The van der Waals surface area contributed by atoms with Crippen LogP contribution in [0.1, 0.15) is 72.4 Å². The molecule has 0 radical (unpaired) electrons. The van der Waals surface area contributed by atoms with Crippen LogP contribution in [0.4, 0.5) is 0 Å². The number of allylic oxidation sites excluding steroid dienone is 4. The minimum Gasteiger partial charge on any atom is -0.456 e. The van der Waals surface area contributed by atoms with Gasteiger partial charge in [-0.3, -0.25) is 0 Å². The Balaban J connectivity index is 1.65. The number of furan rings is 1. The summed E-state index contributed by atoms with van der Waals surface area (Å²) in [5.74, 6) is 0.603. The number of benzene rings is 2. The van der Waals surface area contributed by atoms with Crippen molar-refractivity contribution in [3.05, 3.63) is 65.3 Å². The third kappa shape index (κ3) is 3.26. The molecule has 1 N–H and O–H groups in total. The Bertz CT molecular complexity index is 1310. The van der Waals surface area contributed by atoms with Crippen molar-refractivity contribution in [2.24, 2.45) is 5.92 Å². The highest BCUT2D eigenvalue weighted by Crippen LogP contribution is 2.59. The van der Waals surface area contributed by atoms with E-state index < -0.39 is 11.2 Å². The van der Waals surface area contributed by atoms with E-state index >= 15 is 0 Å². The van der Waals surface area contributed by atoms with Gasteiger partial charge in [-0.05, 0) is 86.7 Å². The molecule has 0 spiro atoms. The van der Waals surface area contributed by atoms with E-state index in [4.69, 9.17) is 9.07 Å². The van der Waals surface area contributed by atoms with Crippen molar-refractivity contribution in [3.63, 3.8) is 0 Å². The average Bonchev–Trinajstić information content (AvgIpc) is 3.29. The lowest BCUT2D eigenvalue weighted by molar-refractivity contribution is -0.0909. The molecule has 0 aliphatic heterocycles. The smallest absolute Gasteiger partial charge is 0.283 e. The maximum Gasteiger partial charge on any atom is 0.283 e. The highest BCUT2D eigenvalue weighted by atomic mass is 16.5. The monoisotopic (exact) mass is 456 g/mol. The number of hydrogen-bond acceptors (Lipinski definition) is 3. The van der Waals surface area contributed by atoms with Gasteiger partial charge in [0, 0.05) is 16.2 Å². The van der Waals surface area contributed by atoms with Crippen LogP contribution in [0, 0.1) is 5.92 Å². The highest BCUT2D eigenvalue weighted by Gasteiger charge is 2.46. The maximum absolute atomic E-state index is 10.6. The van der Waals surface area contributed by atoms with Crippen LogP contribution in [0.25, 0.3) is 27.5 Å². The Labute approximate surface area is 204 Å². The number of rotatable bonds is 6. The molecular weight excluding hydrogens is 419 g/mol. The minimum atomic E-state index is -0.910. The first kappa shape index (κ1) is 23.4. The summed E-state index contributed by atoms with van der Waals surface area (Å²) in [7, 11) is 0.593. The van der Waals surface area contributed by atoms with Crippen molar-refractivity contribution in [1.29, 1.82) is 0 Å². The van der Waals surface area contributed by atoms with Gasteiger partial charge in [0.25, 0.3) is 7.48 Å². The molecule has 0 saturated heterocycles. The molecule has 3 aromatic rings. The van der Waals surface area contributed by atoms with E-state index in [1.807, 2.05) is 33.8 Å². The molecule has 0 fully saturated rings. The van der Waals surface area contributed by atoms with Gasteiger partial charge in [-0.1, -0.05) is 57.2 Å². The molecule has 2 aliphatic rings. The largest absolute Gasteiger partial charge is 0.456 e. The van der Waals surface area contributed by atoms with E-state index in [0.717, 1.165) is 24.0 Å². The molecule has 2 aliphatic carbocycles. The summed E-state index contributed by atoms with van der Waals surface area (Å²) in [6, 6.07) is 12.9. The molecule has 2 aromatic carbocycles. The molecule has 0 saturated carbocycles. The second-order valence-corrected chi connectivity index (χ2v) is 11.3. The number of para-hydroxylation sites is 1. The summed E-state index contributed by atoms with van der Waals surface area (Å²) in [4.78, 5) is 0. The molecule has 178 valence electrons. The molecular formula is C30H37BO3. The first-order chi connectivity index (χ1) is 16.0. The van der Waals surface area contributed by atoms with Crippen molar-refractivity contribution in [3.8, 4) is 0 Å². The third-order valence-corrected chi connectivity index (χ3v) is 8.94. The SMILES string of the molecule is CCC1(CC)C2=CC(BOC(C)(C)C(C)(C)O)C(C)C=C2c2c1ccc1oc3ccccc3c21. The van der Waals surface area contributed by atoms with Gasteiger partial charge in [-0.2, -0.15) is 0 Å². The fourth-order valence-corrected chi connectivity index (χ4v) is 5.90. The standard InChI is InChI=1S/C30H37BO3/c1-8-30(9-2)21-14-15-25-27(19-12-10-11-13-24(19)33-25)26(21)20-16-18(3)23(17-22(20)30)31-34-29(6,7)28(4,5)32/h10-18,23,31-32H,8-9H2,1-7H3. The van der Waals surface area contributed by atoms with Crippen molar-refractivity contribution < 1.29 is 14.2 Å². The summed E-state index contributed by atoms with van der Waals surface area (Å²) >= 11 is 0. The zero-order valence-corrected chi connectivity index (χ0v) is 21.7. The first-order valence-corrected chi connectivity index (χ1v) is 12.8. The number of hydrogen-bond donors (Lipinski definition) is 1. The minimum absolute atomic E-state index is 0.00210. The van der Waals surface area contributed by atoms with Crippen molar-refractivity contribution >= 4 is 35.0 Å². The lowest BCUT2D eigenvalue weighted by Crippen LogP contribution is -2.48. The molecule has 1 heterocycles. The van der Waals surface area contributed by atoms with Crippen LogP contribution in [0.15, 0.2) is 58.5 Å². The van der Waals surface area contributed by atoms with E-state index in [0.29, 0.717) is 13.4 Å². The Morgan fingerprint density at radius 3 is 2.38 bits per heavy atom. The van der Waals surface area contributed by atoms with Crippen LogP contribution >= 0.6 is 0 Å². The fourth-order valence-electron chi connectivity index (χ4n) is 5.90. The first-order valence-electron chi connectivity index (χ1n) is 12.8. The van der Waals surface area contributed by atoms with Crippen LogP contribution in [-0.4, -0.2) is 23.8 Å². The molecule has 2 unspecified atom stereocenters. The second-order valence-electron chi connectivity index (χ2n) is 11.3. The second kappa shape index (κ2) is 7.86. The van der Waals surface area contributed by atoms with E-state index in [1.54, 1.807) is 0 Å². The van der Waals surface area contributed by atoms with Gasteiger partial charge >= 0.3 is 0 Å². The summed E-state index contributed by atoms with van der Waals surface area (Å²) in [5.41, 5.74) is 5.99. The summed E-state index contributed by atoms with van der Waals surface area (Å²) in [5, 5.41) is 13.0. The molecule has 0 amide bonds. The average molecular weight is 456 g/mol. The van der Waals surface area contributed by atoms with Gasteiger partial charge < -0.3 is 14.2 Å². The van der Waals surface area contributed by atoms with Crippen molar-refractivity contribution in [2.75, 3.05) is 0 Å². The summed E-state index contributed by atoms with van der Waals surface area (Å²) < 4.78 is 12.6. The predicted octanol–water partition coefficient (Wildman–Crippen LogP) is 7.32. The van der Waals surface area contributed by atoms with Gasteiger partial charge in [0.2, 0.25) is 0 Å². The number of fused-ring (bicyclic) bond motifs is 7. The van der Waals surface area contributed by atoms with Crippen LogP contribution in [0.3, 0.4) is 0 Å². The molecule has 3 nitrogen and oxygen atoms in total. The van der Waals surface area contributed by atoms with Gasteiger partial charge in [0.1, 0.15) is 11.2 Å². The Morgan fingerprint density at radius 1 is 1.00 bits per heavy atom. The van der Waals surface area contributed by atoms with Crippen molar-refractivity contribution in [2.45, 2.75) is 83.7 Å². The molecule has 5 rings (SSSR count). The topological polar surface area (TPSA) is 42.6 Å². The zero-order valence-electron chi connectivity index (χ0n) is 21.7. The maximum atomic E-state index is 10.6. The Morgan fingerprint density at radius 2 is 1.71 bits per heavy atom. The Kier molecular flexibility index (Phi) is 5.42. The summed E-state index contributed by atoms with van der Waals surface area (Å²) in [6.07, 6.45) is 7.06. The third-order valence-electron chi connectivity index (χ3n) is 8.94. The van der Waals surface area contributed by atoms with E-state index in [-0.39, 0.29) is 11.2 Å². The zero-order chi connectivity index (χ0) is 24.5. The quantitative estimate of drug-likeness (QED) is 0.395. The van der Waals surface area contributed by atoms with E-state index in [1.165, 1.54) is 33.0 Å². The summed E-state index contributed by atoms with van der Waals surface area (Å²) in [6.45, 7) is 14.5. The lowest BCUT2D eigenvalue weighted by Gasteiger charge is -2.39. The molecule has 4 heteroatoms. The van der Waals surface area contributed by atoms with Crippen LogP contribution in [0.5, 0.6) is 0 Å². The molecule has 34 heavy (non-hydrogen) atoms. The molecule has 0 bridgehead atoms. The Hall–Kier alpha value is -2.30. The van der Waals surface area contributed by atoms with E-state index in [2.05, 4.69) is 63.3 Å². The normalized spacial score (nSPS) is 21.9. The van der Waals surface area contributed by atoms with Gasteiger partial charge in [0.15, 0.2) is 0 Å². The van der Waals surface area contributed by atoms with Crippen LogP contribution in [0.2, 0.25) is 5.82 Å². The number of aliphatic hydroxyl groups is 1. The van der Waals surface area contributed by atoms with Crippen LogP contribution < -0.4 is 0 Å². The lowest BCUT2D eigenvalue weighted by atomic mass is 9.63.